The predicted molar refractivity (Wildman–Crippen MR) is 63.0 cm³/mol. The summed E-state index contributed by atoms with van der Waals surface area (Å²) >= 11 is 0. The van der Waals surface area contributed by atoms with E-state index in [1.165, 1.54) is 32.1 Å². The summed E-state index contributed by atoms with van der Waals surface area (Å²) in [7, 11) is 0. The molecule has 1 saturated carbocycles. The first-order valence-corrected chi connectivity index (χ1v) is 6.46. The molecule has 2 atom stereocenters. The minimum Gasteiger partial charge on any atom is -0.371 e. The van der Waals surface area contributed by atoms with E-state index < -0.39 is 0 Å². The Hall–Kier alpha value is -0.0800. The maximum absolute atomic E-state index is 5.96. The van der Waals surface area contributed by atoms with Crippen LogP contribution >= 0.6 is 0 Å². The summed E-state index contributed by atoms with van der Waals surface area (Å²) in [5.41, 5.74) is 0.117. The second kappa shape index (κ2) is 4.42. The largest absolute Gasteiger partial charge is 0.371 e. The van der Waals surface area contributed by atoms with Gasteiger partial charge in [0, 0.05) is 12.6 Å². The molecule has 0 aromatic carbocycles. The van der Waals surface area contributed by atoms with Gasteiger partial charge in [0.05, 0.1) is 11.7 Å². The molecule has 2 nitrogen and oxygen atoms in total. The lowest BCUT2D eigenvalue weighted by molar-refractivity contribution is -0.0151. The van der Waals surface area contributed by atoms with Gasteiger partial charge in [-0.1, -0.05) is 12.8 Å². The Morgan fingerprint density at radius 3 is 2.60 bits per heavy atom. The summed E-state index contributed by atoms with van der Waals surface area (Å²) < 4.78 is 5.96. The van der Waals surface area contributed by atoms with Crippen LogP contribution in [0.2, 0.25) is 0 Å². The fourth-order valence-electron chi connectivity index (χ4n) is 2.49. The molecule has 1 aliphatic heterocycles. The Labute approximate surface area is 93.8 Å². The average molecular weight is 211 g/mol. The zero-order valence-electron chi connectivity index (χ0n) is 10.4. The molecule has 2 rings (SSSR count). The van der Waals surface area contributed by atoms with Gasteiger partial charge in [0.25, 0.3) is 0 Å². The molecule has 0 bridgehead atoms. The lowest BCUT2D eigenvalue weighted by atomic mass is 10.1. The Bertz CT molecular complexity index is 211. The van der Waals surface area contributed by atoms with Crippen molar-refractivity contribution >= 4 is 0 Å². The van der Waals surface area contributed by atoms with Gasteiger partial charge in [-0.05, 0) is 46.0 Å². The van der Waals surface area contributed by atoms with Gasteiger partial charge < -0.3 is 10.1 Å². The molecule has 0 aromatic rings. The molecule has 1 heterocycles. The van der Waals surface area contributed by atoms with Crippen LogP contribution in [0.1, 0.15) is 52.9 Å². The second-order valence-electron chi connectivity index (χ2n) is 6.03. The summed E-state index contributed by atoms with van der Waals surface area (Å²) in [5.74, 6) is 1.02. The van der Waals surface area contributed by atoms with Crippen molar-refractivity contribution in [3.05, 3.63) is 0 Å². The van der Waals surface area contributed by atoms with Gasteiger partial charge in [0.15, 0.2) is 0 Å². The van der Waals surface area contributed by atoms with E-state index >= 15 is 0 Å². The molecular weight excluding hydrogens is 186 g/mol. The van der Waals surface area contributed by atoms with Gasteiger partial charge >= 0.3 is 0 Å². The van der Waals surface area contributed by atoms with E-state index in [4.69, 9.17) is 4.74 Å². The highest BCUT2D eigenvalue weighted by molar-refractivity contribution is 4.83. The van der Waals surface area contributed by atoms with Crippen LogP contribution in [0.4, 0.5) is 0 Å². The van der Waals surface area contributed by atoms with Crippen molar-refractivity contribution in [2.75, 3.05) is 6.54 Å². The molecule has 1 saturated heterocycles. The van der Waals surface area contributed by atoms with Crippen LogP contribution in [0.3, 0.4) is 0 Å². The molecular formula is C13H25NO. The van der Waals surface area contributed by atoms with Crippen LogP contribution in [-0.4, -0.2) is 24.3 Å². The fraction of sp³-hybridized carbons (Fsp3) is 1.00. The molecule has 2 unspecified atom stereocenters. The van der Waals surface area contributed by atoms with Crippen LogP contribution in [0.5, 0.6) is 0 Å². The van der Waals surface area contributed by atoms with Crippen LogP contribution < -0.4 is 5.32 Å². The van der Waals surface area contributed by atoms with Crippen molar-refractivity contribution in [1.82, 2.24) is 5.32 Å². The summed E-state index contributed by atoms with van der Waals surface area (Å²) in [6.45, 7) is 7.73. The lowest BCUT2D eigenvalue weighted by Crippen LogP contribution is -2.35. The van der Waals surface area contributed by atoms with Crippen molar-refractivity contribution in [1.29, 1.82) is 0 Å². The van der Waals surface area contributed by atoms with Crippen molar-refractivity contribution in [3.63, 3.8) is 0 Å². The molecule has 15 heavy (non-hydrogen) atoms. The van der Waals surface area contributed by atoms with E-state index in [9.17, 15) is 0 Å². The minimum absolute atomic E-state index is 0.117. The first-order chi connectivity index (χ1) is 7.05. The van der Waals surface area contributed by atoms with Gasteiger partial charge in [-0.15, -0.1) is 0 Å². The van der Waals surface area contributed by atoms with Crippen LogP contribution in [-0.2, 0) is 4.74 Å². The van der Waals surface area contributed by atoms with Gasteiger partial charge in [-0.3, -0.25) is 0 Å². The molecule has 0 aromatic heterocycles. The molecule has 1 N–H and O–H groups in total. The maximum atomic E-state index is 5.96. The molecule has 0 spiro atoms. The third-order valence-electron chi connectivity index (χ3n) is 3.63. The number of ether oxygens (including phenoxy) is 1. The van der Waals surface area contributed by atoms with Gasteiger partial charge in [0.1, 0.15) is 0 Å². The summed E-state index contributed by atoms with van der Waals surface area (Å²) in [6.07, 6.45) is 7.14. The summed E-state index contributed by atoms with van der Waals surface area (Å²) in [6, 6.07) is 0.671. The van der Waals surface area contributed by atoms with Crippen molar-refractivity contribution < 1.29 is 4.74 Å². The first kappa shape index (κ1) is 11.4. The topological polar surface area (TPSA) is 21.3 Å². The average Bonchev–Trinajstić information content (AvgIpc) is 2.87. The van der Waals surface area contributed by atoms with Gasteiger partial charge in [-0.25, -0.2) is 0 Å². The summed E-state index contributed by atoms with van der Waals surface area (Å²) in [4.78, 5) is 0. The number of hydrogen-bond donors (Lipinski definition) is 1. The standard InChI is InChI=1S/C13H25NO/c1-10(8-11-4-5-11)14-9-12-6-7-13(2,3)15-12/h10-12,14H,4-9H2,1-3H3. The maximum Gasteiger partial charge on any atom is 0.0707 e. The minimum atomic E-state index is 0.117. The van der Waals surface area contributed by atoms with Crippen LogP contribution in [0, 0.1) is 5.92 Å². The molecule has 1 aliphatic carbocycles. The van der Waals surface area contributed by atoms with Crippen molar-refractivity contribution in [2.24, 2.45) is 5.92 Å². The third kappa shape index (κ3) is 3.76. The third-order valence-corrected chi connectivity index (χ3v) is 3.63. The molecule has 88 valence electrons. The first-order valence-electron chi connectivity index (χ1n) is 6.46. The lowest BCUT2D eigenvalue weighted by Gasteiger charge is -2.21. The molecule has 2 aliphatic rings. The van der Waals surface area contributed by atoms with Gasteiger partial charge in [0.2, 0.25) is 0 Å². The highest BCUT2D eigenvalue weighted by Gasteiger charge is 2.31. The Morgan fingerprint density at radius 1 is 1.33 bits per heavy atom. The van der Waals surface area contributed by atoms with Crippen molar-refractivity contribution in [2.45, 2.75) is 70.6 Å². The van der Waals surface area contributed by atoms with Gasteiger partial charge in [-0.2, -0.15) is 0 Å². The summed E-state index contributed by atoms with van der Waals surface area (Å²) in [5, 5.41) is 3.61. The second-order valence-corrected chi connectivity index (χ2v) is 6.03. The van der Waals surface area contributed by atoms with E-state index in [2.05, 4.69) is 26.1 Å². The molecule has 0 amide bonds. The van der Waals surface area contributed by atoms with Crippen molar-refractivity contribution in [3.8, 4) is 0 Å². The Kier molecular flexibility index (Phi) is 3.36. The molecule has 0 radical (unpaired) electrons. The highest BCUT2D eigenvalue weighted by Crippen LogP contribution is 2.33. The number of hydrogen-bond acceptors (Lipinski definition) is 2. The van der Waals surface area contributed by atoms with E-state index in [-0.39, 0.29) is 5.60 Å². The Morgan fingerprint density at radius 2 is 2.07 bits per heavy atom. The van der Waals surface area contributed by atoms with Crippen LogP contribution in [0.15, 0.2) is 0 Å². The van der Waals surface area contributed by atoms with E-state index in [1.807, 2.05) is 0 Å². The smallest absolute Gasteiger partial charge is 0.0707 e. The number of nitrogens with one attached hydrogen (secondary N) is 1. The molecule has 2 fully saturated rings. The number of rotatable bonds is 5. The monoisotopic (exact) mass is 211 g/mol. The van der Waals surface area contributed by atoms with E-state index in [0.717, 1.165) is 12.5 Å². The van der Waals surface area contributed by atoms with Crippen LogP contribution in [0.25, 0.3) is 0 Å². The predicted octanol–water partition coefficient (Wildman–Crippen LogP) is 2.72. The zero-order chi connectivity index (χ0) is 10.9. The SMILES string of the molecule is CC(CC1CC1)NCC1CCC(C)(C)O1. The fourth-order valence-corrected chi connectivity index (χ4v) is 2.49. The normalized spacial score (nSPS) is 31.8. The zero-order valence-corrected chi connectivity index (χ0v) is 10.4. The quantitative estimate of drug-likeness (QED) is 0.755. The Balaban J connectivity index is 1.61. The van der Waals surface area contributed by atoms with E-state index in [1.54, 1.807) is 0 Å². The highest BCUT2D eigenvalue weighted by atomic mass is 16.5. The molecule has 2 heteroatoms. The van der Waals surface area contributed by atoms with E-state index in [0.29, 0.717) is 12.1 Å².